The number of esters is 2. The third-order valence-electron chi connectivity index (χ3n) is 9.00. The lowest BCUT2D eigenvalue weighted by Gasteiger charge is -2.35. The molecular formula is C46H53N5O12S. The molecule has 0 unspecified atom stereocenters. The van der Waals surface area contributed by atoms with Gasteiger partial charge in [-0.25, -0.2) is 19.6 Å². The second-order valence-corrected chi connectivity index (χ2v) is 18.1. The number of β-lactam (4-membered cyclic amide) rings is 1. The van der Waals surface area contributed by atoms with Crippen molar-refractivity contribution in [2.75, 3.05) is 11.9 Å². The number of oxime groups is 1. The van der Waals surface area contributed by atoms with Crippen molar-refractivity contribution in [3.63, 3.8) is 0 Å². The highest BCUT2D eigenvalue weighted by Crippen LogP contribution is 2.30. The fourth-order valence-corrected chi connectivity index (χ4v) is 6.38. The highest BCUT2D eigenvalue weighted by atomic mass is 32.1. The molecule has 4 aromatic rings. The lowest BCUT2D eigenvalue weighted by molar-refractivity contribution is -0.179. The molecule has 2 aromatic carbocycles. The van der Waals surface area contributed by atoms with Gasteiger partial charge >= 0.3 is 18.0 Å². The Balaban J connectivity index is 1.20. The van der Waals surface area contributed by atoms with Crippen LogP contribution in [0.15, 0.2) is 83.5 Å². The summed E-state index contributed by atoms with van der Waals surface area (Å²) in [6.07, 6.45) is -0.289. The third kappa shape index (κ3) is 14.7. The van der Waals surface area contributed by atoms with Crippen LogP contribution in [0.4, 0.5) is 9.93 Å². The topological polar surface area (TPSA) is 220 Å². The minimum Gasteiger partial charge on any atom is -0.485 e. The molecule has 3 heterocycles. The Morgan fingerprint density at radius 2 is 1.41 bits per heavy atom. The summed E-state index contributed by atoms with van der Waals surface area (Å²) in [5.41, 5.74) is -1.71. The quantitative estimate of drug-likeness (QED) is 0.0225. The number of ether oxygens (including phenoxy) is 5. The molecular weight excluding hydrogens is 847 g/mol. The molecule has 17 nitrogen and oxygen atoms in total. The normalized spacial score (nSPS) is 15.2. The van der Waals surface area contributed by atoms with E-state index in [1.807, 2.05) is 60.7 Å². The standard InChI is InChI=1S/C46H53N5O12S/c1-44(2,3)61-41(56)46(7,8)63-51-39(33-27-64-42(49-33)50-43(57)62-45(4,5)6)35(53)21-30-32(48-40(30)55)26-60-38(54)20-19-34(52)31-22-36(58-24-28-15-11-9-12-16-28)37(23-47-31)59-25-29-17-13-10-14-18-29/h9-18,22-23,27,30,32H,19-21,24-26H2,1-8H3,(H,48,55)(H,49,50,57)/b51-39-/t30-,32+/m0/s1. The monoisotopic (exact) mass is 899 g/mol. The number of thiazole rings is 1. The highest BCUT2D eigenvalue weighted by molar-refractivity contribution is 7.14. The molecule has 2 atom stereocenters. The van der Waals surface area contributed by atoms with Crippen molar-refractivity contribution in [2.24, 2.45) is 11.1 Å². The van der Waals surface area contributed by atoms with Crippen molar-refractivity contribution in [3.8, 4) is 11.5 Å². The maximum atomic E-state index is 13.9. The van der Waals surface area contributed by atoms with Crippen LogP contribution in [-0.4, -0.2) is 80.6 Å². The Labute approximate surface area is 375 Å². The number of nitrogens with one attached hydrogen (secondary N) is 2. The van der Waals surface area contributed by atoms with Crippen LogP contribution in [0, 0.1) is 5.92 Å². The van der Waals surface area contributed by atoms with Gasteiger partial charge in [-0.2, -0.15) is 0 Å². The summed E-state index contributed by atoms with van der Waals surface area (Å²) in [7, 11) is 0. The molecule has 0 saturated carbocycles. The Kier molecular flexibility index (Phi) is 16.0. The number of hydrogen-bond donors (Lipinski definition) is 2. The SMILES string of the molecule is CC(C)(C)OC(=O)Nc1nc(/C(=N/OC(C)(C)C(=O)OC(C)(C)C)C(=O)C[C@@H]2C(=O)N[C@@H]2COC(=O)CCC(=O)c2cc(OCc3ccccc3)c(OCc3ccccc3)cn2)cs1. The van der Waals surface area contributed by atoms with Gasteiger partial charge in [-0.05, 0) is 66.5 Å². The van der Waals surface area contributed by atoms with Crippen molar-refractivity contribution < 1.29 is 57.3 Å². The zero-order chi connectivity index (χ0) is 46.7. The van der Waals surface area contributed by atoms with Gasteiger partial charge < -0.3 is 33.8 Å². The molecule has 0 bridgehead atoms. The van der Waals surface area contributed by atoms with E-state index in [-0.39, 0.29) is 54.9 Å². The fourth-order valence-electron chi connectivity index (χ4n) is 5.70. The van der Waals surface area contributed by atoms with Crippen molar-refractivity contribution in [2.45, 2.75) is 111 Å². The number of pyridine rings is 1. The molecule has 0 radical (unpaired) electrons. The first kappa shape index (κ1) is 48.3. The van der Waals surface area contributed by atoms with E-state index in [0.29, 0.717) is 11.5 Å². The van der Waals surface area contributed by atoms with Crippen LogP contribution in [0.2, 0.25) is 0 Å². The second-order valence-electron chi connectivity index (χ2n) is 17.2. The minimum absolute atomic E-state index is 0.00728. The summed E-state index contributed by atoms with van der Waals surface area (Å²) in [6.45, 7) is 13.1. The molecule has 1 fully saturated rings. The molecule has 1 aliphatic heterocycles. The smallest absolute Gasteiger partial charge is 0.413 e. The zero-order valence-corrected chi connectivity index (χ0v) is 37.9. The van der Waals surface area contributed by atoms with Gasteiger partial charge in [-0.15, -0.1) is 11.3 Å². The first-order valence-corrected chi connectivity index (χ1v) is 21.3. The molecule has 2 aromatic heterocycles. The zero-order valence-electron chi connectivity index (χ0n) is 37.1. The van der Waals surface area contributed by atoms with E-state index in [1.54, 1.807) is 41.5 Å². The Morgan fingerprint density at radius 3 is 2.00 bits per heavy atom. The molecule has 2 amide bonds. The molecule has 64 heavy (non-hydrogen) atoms. The number of aromatic nitrogens is 2. The van der Waals surface area contributed by atoms with Crippen molar-refractivity contribution in [3.05, 3.63) is 101 Å². The van der Waals surface area contributed by atoms with Crippen LogP contribution < -0.4 is 20.1 Å². The summed E-state index contributed by atoms with van der Waals surface area (Å²) in [5.74, 6) is -3.36. The van der Waals surface area contributed by atoms with Crippen LogP contribution in [0.1, 0.15) is 102 Å². The van der Waals surface area contributed by atoms with E-state index in [2.05, 4.69) is 25.8 Å². The molecule has 2 N–H and O–H groups in total. The van der Waals surface area contributed by atoms with E-state index < -0.39 is 70.7 Å². The molecule has 18 heteroatoms. The van der Waals surface area contributed by atoms with Gasteiger partial charge in [0.15, 0.2) is 33.9 Å². The average molecular weight is 900 g/mol. The number of rotatable bonds is 20. The number of carbonyl (C=O) groups is 6. The first-order valence-electron chi connectivity index (χ1n) is 20.5. The van der Waals surface area contributed by atoms with E-state index in [1.165, 1.54) is 31.5 Å². The van der Waals surface area contributed by atoms with Crippen LogP contribution in [-0.2, 0) is 51.4 Å². The van der Waals surface area contributed by atoms with Gasteiger partial charge in [-0.3, -0.25) is 24.5 Å². The summed E-state index contributed by atoms with van der Waals surface area (Å²) >= 11 is 0.977. The van der Waals surface area contributed by atoms with Gasteiger partial charge in [0.25, 0.3) is 0 Å². The number of benzene rings is 2. The molecule has 0 aliphatic carbocycles. The van der Waals surface area contributed by atoms with Crippen molar-refractivity contribution in [1.82, 2.24) is 15.3 Å². The predicted molar refractivity (Wildman–Crippen MR) is 235 cm³/mol. The Bertz CT molecular complexity index is 2340. The molecule has 1 saturated heterocycles. The van der Waals surface area contributed by atoms with Gasteiger partial charge in [0.05, 0.1) is 24.6 Å². The third-order valence-corrected chi connectivity index (χ3v) is 9.76. The van der Waals surface area contributed by atoms with Crippen LogP contribution >= 0.6 is 11.3 Å². The van der Waals surface area contributed by atoms with E-state index in [9.17, 15) is 28.8 Å². The number of Topliss-reactive ketones (excluding diaryl/α,β-unsaturated/α-hetero) is 2. The highest BCUT2D eigenvalue weighted by Gasteiger charge is 2.43. The maximum absolute atomic E-state index is 13.9. The lowest BCUT2D eigenvalue weighted by Crippen LogP contribution is -2.61. The van der Waals surface area contributed by atoms with Gasteiger partial charge in [-0.1, -0.05) is 65.8 Å². The molecule has 5 rings (SSSR count). The van der Waals surface area contributed by atoms with Crippen molar-refractivity contribution in [1.29, 1.82) is 0 Å². The summed E-state index contributed by atoms with van der Waals surface area (Å²) in [4.78, 5) is 92.2. The maximum Gasteiger partial charge on any atom is 0.413 e. The van der Waals surface area contributed by atoms with Gasteiger partial charge in [0.1, 0.15) is 42.4 Å². The van der Waals surface area contributed by atoms with Crippen LogP contribution in [0.3, 0.4) is 0 Å². The van der Waals surface area contributed by atoms with E-state index >= 15 is 0 Å². The average Bonchev–Trinajstić information content (AvgIpc) is 3.68. The lowest BCUT2D eigenvalue weighted by atomic mass is 9.85. The van der Waals surface area contributed by atoms with Crippen molar-refractivity contribution >= 4 is 57.7 Å². The van der Waals surface area contributed by atoms with Crippen LogP contribution in [0.25, 0.3) is 0 Å². The summed E-state index contributed by atoms with van der Waals surface area (Å²) in [6, 6.07) is 19.8. The second kappa shape index (κ2) is 21.1. The number of amides is 2. The Morgan fingerprint density at radius 1 is 0.797 bits per heavy atom. The number of ketones is 2. The molecule has 340 valence electrons. The number of hydrogen-bond acceptors (Lipinski definition) is 16. The van der Waals surface area contributed by atoms with Gasteiger partial charge in [0.2, 0.25) is 11.5 Å². The number of anilines is 1. The fraction of sp³-hybridized carbons (Fsp3) is 0.413. The van der Waals surface area contributed by atoms with Gasteiger partial charge in [0, 0.05) is 24.3 Å². The number of nitrogens with zero attached hydrogens (tertiary/aromatic N) is 3. The predicted octanol–water partition coefficient (Wildman–Crippen LogP) is 7.16. The summed E-state index contributed by atoms with van der Waals surface area (Å²) < 4.78 is 28.2. The minimum atomic E-state index is -1.65. The van der Waals surface area contributed by atoms with E-state index in [0.717, 1.165) is 22.5 Å². The van der Waals surface area contributed by atoms with Crippen LogP contribution in [0.5, 0.6) is 11.5 Å². The summed E-state index contributed by atoms with van der Waals surface area (Å²) in [5, 5.41) is 10.7. The number of carbonyl (C=O) groups excluding carboxylic acids is 6. The first-order chi connectivity index (χ1) is 30.2. The van der Waals surface area contributed by atoms with E-state index in [4.69, 9.17) is 28.5 Å². The largest absolute Gasteiger partial charge is 0.485 e. The molecule has 1 aliphatic rings. The molecule has 0 spiro atoms. The Hall–Kier alpha value is -6.69.